The summed E-state index contributed by atoms with van der Waals surface area (Å²) in [6.07, 6.45) is 4.69. The van der Waals surface area contributed by atoms with Gasteiger partial charge in [-0.3, -0.25) is 9.97 Å². The number of para-hydroxylation sites is 1. The van der Waals surface area contributed by atoms with Crippen molar-refractivity contribution in [2.45, 2.75) is 13.0 Å². The lowest BCUT2D eigenvalue weighted by Crippen LogP contribution is -2.03. The maximum Gasteiger partial charge on any atom is 0.113 e. The van der Waals surface area contributed by atoms with Crippen LogP contribution < -0.4 is 0 Å². The molecule has 0 atom stereocenters. The van der Waals surface area contributed by atoms with E-state index in [1.165, 1.54) is 21.9 Å². The van der Waals surface area contributed by atoms with Crippen LogP contribution in [0.2, 0.25) is 0 Å². The molecule has 0 aliphatic rings. The van der Waals surface area contributed by atoms with Crippen molar-refractivity contribution in [3.05, 3.63) is 96.8 Å². The van der Waals surface area contributed by atoms with Crippen molar-refractivity contribution < 1.29 is 0 Å². The number of aromatic nitrogens is 3. The van der Waals surface area contributed by atoms with Gasteiger partial charge in [0.15, 0.2) is 0 Å². The van der Waals surface area contributed by atoms with E-state index in [0.29, 0.717) is 0 Å². The van der Waals surface area contributed by atoms with Crippen LogP contribution in [0.4, 0.5) is 0 Å². The Kier molecular flexibility index (Phi) is 3.91. The van der Waals surface area contributed by atoms with Crippen LogP contribution in [0, 0.1) is 0 Å². The average Bonchev–Trinajstić information content (AvgIpc) is 3.07. The van der Waals surface area contributed by atoms with Gasteiger partial charge in [0.25, 0.3) is 0 Å². The first-order chi connectivity index (χ1) is 13.4. The minimum atomic E-state index is 0.902. The molecule has 0 radical (unpaired) electrons. The molecule has 0 aliphatic heterocycles. The fourth-order valence-electron chi connectivity index (χ4n) is 3.81. The van der Waals surface area contributed by atoms with Gasteiger partial charge >= 0.3 is 0 Å². The van der Waals surface area contributed by atoms with Gasteiger partial charge in [-0.2, -0.15) is 0 Å². The monoisotopic (exact) mass is 349 g/mol. The van der Waals surface area contributed by atoms with Crippen molar-refractivity contribution in [1.29, 1.82) is 0 Å². The number of nitrogens with zero attached hydrogens (tertiary/aromatic N) is 3. The van der Waals surface area contributed by atoms with E-state index in [2.05, 4.69) is 70.2 Å². The number of pyridine rings is 2. The van der Waals surface area contributed by atoms with E-state index in [1.54, 1.807) is 0 Å². The van der Waals surface area contributed by atoms with Gasteiger partial charge in [-0.15, -0.1) is 0 Å². The number of benzene rings is 2. The molecule has 5 aromatic rings. The van der Waals surface area contributed by atoms with E-state index in [9.17, 15) is 0 Å². The molecule has 3 heteroatoms. The van der Waals surface area contributed by atoms with Crippen molar-refractivity contribution in [3.63, 3.8) is 0 Å². The Hall–Kier alpha value is -3.46. The Bertz CT molecular complexity index is 1210. The normalized spacial score (nSPS) is 11.3. The highest BCUT2D eigenvalue weighted by atomic mass is 15.0. The molecule has 0 saturated heterocycles. The maximum atomic E-state index is 4.70. The summed E-state index contributed by atoms with van der Waals surface area (Å²) >= 11 is 0. The first kappa shape index (κ1) is 15.8. The third-order valence-corrected chi connectivity index (χ3v) is 5.05. The average molecular weight is 349 g/mol. The van der Waals surface area contributed by atoms with Crippen LogP contribution in [0.15, 0.2) is 91.3 Å². The zero-order valence-corrected chi connectivity index (χ0v) is 14.9. The van der Waals surface area contributed by atoms with E-state index in [1.807, 2.05) is 30.6 Å². The third kappa shape index (κ3) is 2.77. The predicted molar refractivity (Wildman–Crippen MR) is 111 cm³/mol. The highest BCUT2D eigenvalue weighted by Crippen LogP contribution is 2.34. The number of aryl methyl sites for hydroxylation is 2. The Morgan fingerprint density at radius 2 is 1.48 bits per heavy atom. The number of fused-ring (bicyclic) bond motifs is 3. The second-order valence-corrected chi connectivity index (χ2v) is 6.68. The van der Waals surface area contributed by atoms with Gasteiger partial charge in [0.2, 0.25) is 0 Å². The van der Waals surface area contributed by atoms with Gasteiger partial charge in [-0.1, -0.05) is 54.6 Å². The maximum absolute atomic E-state index is 4.70. The van der Waals surface area contributed by atoms with Gasteiger partial charge in [-0.25, -0.2) is 0 Å². The molecule has 0 amide bonds. The van der Waals surface area contributed by atoms with Crippen molar-refractivity contribution in [2.24, 2.45) is 0 Å². The van der Waals surface area contributed by atoms with Crippen molar-refractivity contribution >= 4 is 21.8 Å². The molecule has 3 nitrogen and oxygen atoms in total. The van der Waals surface area contributed by atoms with E-state index in [-0.39, 0.29) is 0 Å². The summed E-state index contributed by atoms with van der Waals surface area (Å²) in [7, 11) is 0. The van der Waals surface area contributed by atoms with Crippen LogP contribution >= 0.6 is 0 Å². The SMILES string of the molecule is c1ccc(CCn2c3ccccc3c3ccnc(-c4ccccn4)c32)cc1. The van der Waals surface area contributed by atoms with Crippen LogP contribution in [0.1, 0.15) is 5.56 Å². The summed E-state index contributed by atoms with van der Waals surface area (Å²) < 4.78 is 2.40. The van der Waals surface area contributed by atoms with Crippen LogP contribution in [0.25, 0.3) is 33.2 Å². The van der Waals surface area contributed by atoms with Crippen LogP contribution in [0.3, 0.4) is 0 Å². The highest BCUT2D eigenvalue weighted by molar-refractivity contribution is 6.11. The summed E-state index contributed by atoms with van der Waals surface area (Å²) in [6, 6.07) is 27.3. The van der Waals surface area contributed by atoms with Crippen LogP contribution in [-0.4, -0.2) is 14.5 Å². The molecule has 27 heavy (non-hydrogen) atoms. The topological polar surface area (TPSA) is 30.7 Å². The third-order valence-electron chi connectivity index (χ3n) is 5.05. The number of rotatable bonds is 4. The molecule has 0 N–H and O–H groups in total. The first-order valence-corrected chi connectivity index (χ1v) is 9.23. The second-order valence-electron chi connectivity index (χ2n) is 6.68. The van der Waals surface area contributed by atoms with Gasteiger partial charge in [-0.05, 0) is 36.2 Å². The summed E-state index contributed by atoms with van der Waals surface area (Å²) in [5.74, 6) is 0. The second kappa shape index (κ2) is 6.69. The lowest BCUT2D eigenvalue weighted by Gasteiger charge is -2.10. The summed E-state index contributed by atoms with van der Waals surface area (Å²) in [6.45, 7) is 0.902. The molecule has 2 aromatic carbocycles. The molecular formula is C24H19N3. The molecule has 3 aromatic heterocycles. The number of hydrogen-bond donors (Lipinski definition) is 0. The standard InChI is InChI=1S/C24H19N3/c1-2-8-18(9-3-1)14-17-27-22-12-5-4-10-19(22)20-13-16-26-23(24(20)27)21-11-6-7-15-25-21/h1-13,15-16H,14,17H2. The lowest BCUT2D eigenvalue weighted by atomic mass is 10.1. The Morgan fingerprint density at radius 3 is 2.33 bits per heavy atom. The molecule has 0 aliphatic carbocycles. The first-order valence-electron chi connectivity index (χ1n) is 9.23. The van der Waals surface area contributed by atoms with E-state index in [4.69, 9.17) is 4.98 Å². The molecule has 0 bridgehead atoms. The summed E-state index contributed by atoms with van der Waals surface area (Å²) in [4.78, 5) is 9.26. The Morgan fingerprint density at radius 1 is 0.667 bits per heavy atom. The minimum Gasteiger partial charge on any atom is -0.338 e. The fourth-order valence-corrected chi connectivity index (χ4v) is 3.81. The van der Waals surface area contributed by atoms with Crippen molar-refractivity contribution in [3.8, 4) is 11.4 Å². The molecule has 3 heterocycles. The molecule has 0 spiro atoms. The molecular weight excluding hydrogens is 330 g/mol. The van der Waals surface area contributed by atoms with E-state index >= 15 is 0 Å². The molecule has 5 rings (SSSR count). The summed E-state index contributed by atoms with van der Waals surface area (Å²) in [5.41, 5.74) is 5.60. The van der Waals surface area contributed by atoms with Gasteiger partial charge in [0.05, 0.1) is 11.2 Å². The van der Waals surface area contributed by atoms with Crippen molar-refractivity contribution in [2.75, 3.05) is 0 Å². The van der Waals surface area contributed by atoms with Gasteiger partial charge in [0, 0.05) is 35.2 Å². The molecule has 0 fully saturated rings. The zero-order valence-electron chi connectivity index (χ0n) is 14.9. The Balaban J connectivity index is 1.74. The number of hydrogen-bond acceptors (Lipinski definition) is 2. The summed E-state index contributed by atoms with van der Waals surface area (Å²) in [5, 5.41) is 2.49. The predicted octanol–water partition coefficient (Wildman–Crippen LogP) is 5.49. The lowest BCUT2D eigenvalue weighted by molar-refractivity contribution is 0.744. The molecule has 0 saturated carbocycles. The zero-order chi connectivity index (χ0) is 18.1. The molecule has 0 unspecified atom stereocenters. The largest absolute Gasteiger partial charge is 0.338 e. The van der Waals surface area contributed by atoms with Crippen LogP contribution in [-0.2, 0) is 13.0 Å². The smallest absolute Gasteiger partial charge is 0.113 e. The van der Waals surface area contributed by atoms with E-state index < -0.39 is 0 Å². The van der Waals surface area contributed by atoms with Crippen LogP contribution in [0.5, 0.6) is 0 Å². The molecule has 130 valence electrons. The minimum absolute atomic E-state index is 0.902. The van der Waals surface area contributed by atoms with Crippen molar-refractivity contribution in [1.82, 2.24) is 14.5 Å². The highest BCUT2D eigenvalue weighted by Gasteiger charge is 2.16. The van der Waals surface area contributed by atoms with Gasteiger partial charge < -0.3 is 4.57 Å². The quantitative estimate of drug-likeness (QED) is 0.429. The fraction of sp³-hybridized carbons (Fsp3) is 0.0833. The van der Waals surface area contributed by atoms with Gasteiger partial charge in [0.1, 0.15) is 5.69 Å². The van der Waals surface area contributed by atoms with E-state index in [0.717, 1.165) is 29.9 Å². The Labute approximate surface area is 157 Å².